The molecule has 0 saturated heterocycles. The highest BCUT2D eigenvalue weighted by molar-refractivity contribution is 7.92. The van der Waals surface area contributed by atoms with Crippen molar-refractivity contribution in [1.29, 1.82) is 0 Å². The predicted molar refractivity (Wildman–Crippen MR) is 99.0 cm³/mol. The van der Waals surface area contributed by atoms with Gasteiger partial charge in [0.15, 0.2) is 0 Å². The van der Waals surface area contributed by atoms with Crippen molar-refractivity contribution in [3.63, 3.8) is 0 Å². The molecule has 0 aromatic heterocycles. The van der Waals surface area contributed by atoms with Crippen molar-refractivity contribution < 1.29 is 13.6 Å². The Hall–Kier alpha value is -1.67. The standard InChI is InChI=1S/C16H17ClN2O3S2/c1-11(19(20)12(2)23)13-3-7-15(8-4-13)18-24(21,22)16-9-5-14(17)6-10-16/h3-11,18,20H,1-2H3. The van der Waals surface area contributed by atoms with Gasteiger partial charge in [0.1, 0.15) is 4.99 Å². The number of sulfonamides is 1. The number of nitrogens with zero attached hydrogens (tertiary/aromatic N) is 1. The van der Waals surface area contributed by atoms with E-state index in [1.165, 1.54) is 24.3 Å². The van der Waals surface area contributed by atoms with Gasteiger partial charge in [-0.3, -0.25) is 9.93 Å². The van der Waals surface area contributed by atoms with Crippen molar-refractivity contribution >= 4 is 44.5 Å². The smallest absolute Gasteiger partial charge is 0.261 e. The van der Waals surface area contributed by atoms with Gasteiger partial charge in [-0.25, -0.2) is 13.5 Å². The highest BCUT2D eigenvalue weighted by atomic mass is 35.5. The number of rotatable bonds is 5. The van der Waals surface area contributed by atoms with E-state index in [9.17, 15) is 13.6 Å². The van der Waals surface area contributed by atoms with E-state index in [1.807, 2.05) is 0 Å². The summed E-state index contributed by atoms with van der Waals surface area (Å²) in [5, 5.41) is 11.3. The minimum Gasteiger partial charge on any atom is -0.287 e. The van der Waals surface area contributed by atoms with Crippen molar-refractivity contribution in [3.8, 4) is 0 Å². The summed E-state index contributed by atoms with van der Waals surface area (Å²) >= 11 is 10.7. The van der Waals surface area contributed by atoms with E-state index in [0.717, 1.165) is 10.6 Å². The van der Waals surface area contributed by atoms with Crippen molar-refractivity contribution in [1.82, 2.24) is 5.06 Å². The Morgan fingerprint density at radius 1 is 1.17 bits per heavy atom. The molecular weight excluding hydrogens is 368 g/mol. The second kappa shape index (κ2) is 7.48. The van der Waals surface area contributed by atoms with Crippen molar-refractivity contribution in [2.45, 2.75) is 24.8 Å². The molecule has 0 bridgehead atoms. The van der Waals surface area contributed by atoms with Crippen LogP contribution >= 0.6 is 23.8 Å². The Morgan fingerprint density at radius 3 is 2.21 bits per heavy atom. The van der Waals surface area contributed by atoms with E-state index in [4.69, 9.17) is 23.8 Å². The summed E-state index contributed by atoms with van der Waals surface area (Å²) < 4.78 is 27.1. The second-order valence-corrected chi connectivity index (χ2v) is 7.93. The molecule has 2 rings (SSSR count). The molecule has 2 aromatic rings. The first-order valence-corrected chi connectivity index (χ1v) is 9.34. The van der Waals surface area contributed by atoms with Crippen LogP contribution in [0.25, 0.3) is 0 Å². The van der Waals surface area contributed by atoms with Gasteiger partial charge in [0.25, 0.3) is 10.0 Å². The molecule has 0 heterocycles. The lowest BCUT2D eigenvalue weighted by molar-refractivity contribution is -0.0468. The fourth-order valence-corrected chi connectivity index (χ4v) is 3.41. The van der Waals surface area contributed by atoms with E-state index in [2.05, 4.69) is 4.72 Å². The van der Waals surface area contributed by atoms with E-state index in [0.29, 0.717) is 15.7 Å². The molecule has 0 aliphatic rings. The molecular formula is C16H17ClN2O3S2. The molecule has 2 aromatic carbocycles. The number of anilines is 1. The molecule has 1 unspecified atom stereocenters. The summed E-state index contributed by atoms with van der Waals surface area (Å²) in [6.45, 7) is 3.42. The Morgan fingerprint density at radius 2 is 1.71 bits per heavy atom. The van der Waals surface area contributed by atoms with Crippen molar-refractivity contribution in [2.24, 2.45) is 0 Å². The molecule has 0 fully saturated rings. The lowest BCUT2D eigenvalue weighted by atomic mass is 10.1. The van der Waals surface area contributed by atoms with E-state index in [1.54, 1.807) is 38.1 Å². The predicted octanol–water partition coefficient (Wildman–Crippen LogP) is 4.24. The lowest BCUT2D eigenvalue weighted by Gasteiger charge is -2.23. The second-order valence-electron chi connectivity index (χ2n) is 5.22. The van der Waals surface area contributed by atoms with Gasteiger partial charge in [-0.15, -0.1) is 0 Å². The molecule has 2 N–H and O–H groups in total. The van der Waals surface area contributed by atoms with Crippen LogP contribution in [0.3, 0.4) is 0 Å². The van der Waals surface area contributed by atoms with Crippen LogP contribution in [0.15, 0.2) is 53.4 Å². The van der Waals surface area contributed by atoms with Gasteiger partial charge in [-0.05, 0) is 55.8 Å². The first kappa shape index (κ1) is 18.7. The van der Waals surface area contributed by atoms with Crippen LogP contribution in [0.4, 0.5) is 5.69 Å². The first-order valence-electron chi connectivity index (χ1n) is 7.08. The molecule has 0 aliphatic carbocycles. The third-order valence-corrected chi connectivity index (χ3v) is 5.29. The third kappa shape index (κ3) is 4.45. The number of hydrogen-bond donors (Lipinski definition) is 2. The average molecular weight is 385 g/mol. The lowest BCUT2D eigenvalue weighted by Crippen LogP contribution is -2.26. The summed E-state index contributed by atoms with van der Waals surface area (Å²) in [6.07, 6.45) is 0. The minimum absolute atomic E-state index is 0.127. The molecule has 0 spiro atoms. The molecule has 0 aliphatic heterocycles. The van der Waals surface area contributed by atoms with Crippen LogP contribution in [-0.2, 0) is 10.0 Å². The summed E-state index contributed by atoms with van der Waals surface area (Å²) in [6, 6.07) is 12.3. The molecule has 0 radical (unpaired) electrons. The maximum absolute atomic E-state index is 12.3. The summed E-state index contributed by atoms with van der Waals surface area (Å²) in [5.41, 5.74) is 1.22. The highest BCUT2D eigenvalue weighted by Gasteiger charge is 2.16. The highest BCUT2D eigenvalue weighted by Crippen LogP contribution is 2.23. The van der Waals surface area contributed by atoms with Crippen LogP contribution < -0.4 is 4.72 Å². The molecule has 0 amide bonds. The summed E-state index contributed by atoms with van der Waals surface area (Å²) in [7, 11) is -3.68. The Balaban J connectivity index is 2.16. The van der Waals surface area contributed by atoms with E-state index in [-0.39, 0.29) is 10.9 Å². The Labute approximate surface area is 151 Å². The first-order chi connectivity index (χ1) is 11.2. The molecule has 0 saturated carbocycles. The van der Waals surface area contributed by atoms with Crippen LogP contribution in [-0.4, -0.2) is 23.7 Å². The monoisotopic (exact) mass is 384 g/mol. The molecule has 24 heavy (non-hydrogen) atoms. The van der Waals surface area contributed by atoms with Gasteiger partial charge < -0.3 is 0 Å². The van der Waals surface area contributed by atoms with E-state index >= 15 is 0 Å². The molecule has 1 atom stereocenters. The summed E-state index contributed by atoms with van der Waals surface area (Å²) in [5.74, 6) is 0. The van der Waals surface area contributed by atoms with Gasteiger partial charge in [-0.1, -0.05) is 36.0 Å². The number of benzene rings is 2. The fourth-order valence-electron chi connectivity index (χ4n) is 2.07. The molecule has 8 heteroatoms. The molecule has 5 nitrogen and oxygen atoms in total. The van der Waals surface area contributed by atoms with Crippen molar-refractivity contribution in [3.05, 3.63) is 59.1 Å². The van der Waals surface area contributed by atoms with Crippen LogP contribution in [0.5, 0.6) is 0 Å². The van der Waals surface area contributed by atoms with Gasteiger partial charge in [-0.2, -0.15) is 0 Å². The Kier molecular flexibility index (Phi) is 5.82. The van der Waals surface area contributed by atoms with Gasteiger partial charge >= 0.3 is 0 Å². The zero-order valence-electron chi connectivity index (χ0n) is 13.1. The number of thiocarbonyl (C=S) groups is 1. The van der Waals surface area contributed by atoms with Crippen LogP contribution in [0.1, 0.15) is 25.5 Å². The van der Waals surface area contributed by atoms with Gasteiger partial charge in [0.05, 0.1) is 10.9 Å². The maximum Gasteiger partial charge on any atom is 0.261 e. The number of hydroxylamine groups is 2. The topological polar surface area (TPSA) is 69.6 Å². The fraction of sp³-hybridized carbons (Fsp3) is 0.188. The molecule has 128 valence electrons. The SMILES string of the molecule is CC(=S)N(O)C(C)c1ccc(NS(=O)(=O)c2ccc(Cl)cc2)cc1. The number of halogens is 1. The zero-order valence-corrected chi connectivity index (χ0v) is 15.5. The normalized spacial score (nSPS) is 12.5. The maximum atomic E-state index is 12.3. The zero-order chi connectivity index (χ0) is 17.9. The van der Waals surface area contributed by atoms with Crippen molar-refractivity contribution in [2.75, 3.05) is 4.72 Å². The number of hydrogen-bond acceptors (Lipinski definition) is 4. The largest absolute Gasteiger partial charge is 0.287 e. The average Bonchev–Trinajstić information content (AvgIpc) is 2.54. The van der Waals surface area contributed by atoms with Gasteiger partial charge in [0.2, 0.25) is 0 Å². The van der Waals surface area contributed by atoms with Crippen LogP contribution in [0.2, 0.25) is 5.02 Å². The Bertz CT molecular complexity index is 821. The minimum atomic E-state index is -3.68. The van der Waals surface area contributed by atoms with Gasteiger partial charge in [0, 0.05) is 10.7 Å². The van der Waals surface area contributed by atoms with Crippen LogP contribution in [0, 0.1) is 0 Å². The quantitative estimate of drug-likeness (QED) is 0.596. The number of nitrogens with one attached hydrogen (secondary N) is 1. The third-order valence-electron chi connectivity index (χ3n) is 3.46. The summed E-state index contributed by atoms with van der Waals surface area (Å²) in [4.78, 5) is 0.484. The van der Waals surface area contributed by atoms with E-state index < -0.39 is 10.0 Å².